The Hall–Kier alpha value is -2.20. The van der Waals surface area contributed by atoms with Crippen LogP contribution in [-0.4, -0.2) is 22.5 Å². The van der Waals surface area contributed by atoms with Crippen LogP contribution in [0.3, 0.4) is 0 Å². The predicted octanol–water partition coefficient (Wildman–Crippen LogP) is 1.79. The van der Waals surface area contributed by atoms with Crippen LogP contribution in [0.15, 0.2) is 12.3 Å². The third kappa shape index (κ3) is 3.03. The third-order valence-corrected chi connectivity index (χ3v) is 3.73. The Bertz CT molecular complexity index is 540. The molecule has 0 radical (unpaired) electrons. The van der Waals surface area contributed by atoms with Gasteiger partial charge in [-0.1, -0.05) is 12.8 Å². The van der Waals surface area contributed by atoms with Crippen LogP contribution in [0.2, 0.25) is 0 Å². The van der Waals surface area contributed by atoms with Crippen LogP contribution in [0.5, 0.6) is 0 Å². The molecule has 1 saturated carbocycles. The maximum Gasteiger partial charge on any atom is 0.312 e. The fourth-order valence-electron chi connectivity index (χ4n) is 2.62. The van der Waals surface area contributed by atoms with Crippen molar-refractivity contribution in [3.05, 3.63) is 27.9 Å². The van der Waals surface area contributed by atoms with Crippen molar-refractivity contribution in [3.8, 4) is 6.07 Å². The molecule has 2 atom stereocenters. The molecule has 1 fully saturated rings. The molecule has 2 rings (SSSR count). The zero-order valence-corrected chi connectivity index (χ0v) is 11.1. The number of hydrogen-bond acceptors (Lipinski definition) is 6. The first-order valence-corrected chi connectivity index (χ1v) is 6.67. The van der Waals surface area contributed by atoms with Crippen LogP contribution in [0.4, 0.5) is 11.5 Å². The number of hydrogen-bond donors (Lipinski definition) is 2. The fourth-order valence-corrected chi connectivity index (χ4v) is 2.62. The molecule has 1 aromatic rings. The van der Waals surface area contributed by atoms with Gasteiger partial charge in [0.25, 0.3) is 0 Å². The largest absolute Gasteiger partial charge is 0.361 e. The summed E-state index contributed by atoms with van der Waals surface area (Å²) in [6, 6.07) is 3.21. The van der Waals surface area contributed by atoms with Gasteiger partial charge in [0.2, 0.25) is 5.82 Å². The van der Waals surface area contributed by atoms with Gasteiger partial charge in [-0.25, -0.2) is 4.98 Å². The second-order valence-corrected chi connectivity index (χ2v) is 4.99. The normalized spacial score (nSPS) is 22.0. The molecule has 7 heteroatoms. The lowest BCUT2D eigenvalue weighted by molar-refractivity contribution is -0.384. The van der Waals surface area contributed by atoms with Gasteiger partial charge in [-0.15, -0.1) is 0 Å². The Morgan fingerprint density at radius 1 is 1.55 bits per heavy atom. The molecule has 2 unspecified atom stereocenters. The number of nitriles is 1. The second kappa shape index (κ2) is 6.30. The Morgan fingerprint density at radius 2 is 2.30 bits per heavy atom. The molecular formula is C13H17N5O2. The predicted molar refractivity (Wildman–Crippen MR) is 74.0 cm³/mol. The molecule has 0 saturated heterocycles. The molecule has 0 aliphatic heterocycles. The standard InChI is InChI=1S/C13H17N5O2/c14-6-9-5-12(18(19)20)13(16-8-9)17-11-4-2-1-3-10(11)7-15/h5,8,10-11H,1-4,7,15H2,(H,16,17). The van der Waals surface area contributed by atoms with Gasteiger partial charge in [-0.05, 0) is 25.3 Å². The van der Waals surface area contributed by atoms with Crippen molar-refractivity contribution in [2.75, 3.05) is 11.9 Å². The summed E-state index contributed by atoms with van der Waals surface area (Å²) >= 11 is 0. The van der Waals surface area contributed by atoms with Crippen LogP contribution >= 0.6 is 0 Å². The molecule has 0 aromatic carbocycles. The first-order valence-electron chi connectivity index (χ1n) is 6.67. The molecule has 7 nitrogen and oxygen atoms in total. The number of nitrogens with zero attached hydrogens (tertiary/aromatic N) is 3. The Kier molecular flexibility index (Phi) is 4.48. The molecule has 0 spiro atoms. The fraction of sp³-hybridized carbons (Fsp3) is 0.538. The molecule has 1 aliphatic carbocycles. The lowest BCUT2D eigenvalue weighted by atomic mass is 9.84. The summed E-state index contributed by atoms with van der Waals surface area (Å²) in [6.45, 7) is 0.557. The van der Waals surface area contributed by atoms with Crippen molar-refractivity contribution in [1.29, 1.82) is 5.26 Å². The van der Waals surface area contributed by atoms with Gasteiger partial charge in [0.05, 0.1) is 10.5 Å². The highest BCUT2D eigenvalue weighted by Gasteiger charge is 2.27. The minimum absolute atomic E-state index is 0.105. The van der Waals surface area contributed by atoms with Gasteiger partial charge in [0.1, 0.15) is 6.07 Å². The number of nitro groups is 1. The average molecular weight is 275 g/mol. The van der Waals surface area contributed by atoms with E-state index in [0.717, 1.165) is 25.7 Å². The minimum atomic E-state index is -0.517. The van der Waals surface area contributed by atoms with E-state index in [1.54, 1.807) is 0 Å². The van der Waals surface area contributed by atoms with Gasteiger partial charge >= 0.3 is 5.69 Å². The molecular weight excluding hydrogens is 258 g/mol. The van der Waals surface area contributed by atoms with Crippen molar-refractivity contribution in [1.82, 2.24) is 4.98 Å². The van der Waals surface area contributed by atoms with E-state index in [9.17, 15) is 10.1 Å². The lowest BCUT2D eigenvalue weighted by Gasteiger charge is -2.31. The Labute approximate surface area is 117 Å². The zero-order valence-electron chi connectivity index (χ0n) is 11.1. The quantitative estimate of drug-likeness (QED) is 0.638. The van der Waals surface area contributed by atoms with E-state index in [0.29, 0.717) is 12.5 Å². The first kappa shape index (κ1) is 14.2. The molecule has 106 valence electrons. The number of nitrogens with one attached hydrogen (secondary N) is 1. The highest BCUT2D eigenvalue weighted by molar-refractivity contribution is 5.58. The molecule has 1 aliphatic rings. The van der Waals surface area contributed by atoms with Crippen molar-refractivity contribution in [3.63, 3.8) is 0 Å². The van der Waals surface area contributed by atoms with Crippen LogP contribution < -0.4 is 11.1 Å². The zero-order chi connectivity index (χ0) is 14.5. The SMILES string of the molecule is N#Cc1cnc(NC2CCCCC2CN)c([N+](=O)[O-])c1. The minimum Gasteiger partial charge on any atom is -0.361 e. The van der Waals surface area contributed by atoms with Gasteiger partial charge in [0.15, 0.2) is 0 Å². The molecule has 1 aromatic heterocycles. The van der Waals surface area contributed by atoms with Crippen LogP contribution in [0.1, 0.15) is 31.2 Å². The molecule has 0 amide bonds. The number of aromatic nitrogens is 1. The topological polar surface area (TPSA) is 118 Å². The van der Waals surface area contributed by atoms with Gasteiger partial charge in [-0.3, -0.25) is 10.1 Å². The van der Waals surface area contributed by atoms with Crippen molar-refractivity contribution < 1.29 is 4.92 Å². The molecule has 3 N–H and O–H groups in total. The summed E-state index contributed by atoms with van der Waals surface area (Å²) in [6.07, 6.45) is 5.52. The van der Waals surface area contributed by atoms with Crippen molar-refractivity contribution >= 4 is 11.5 Å². The summed E-state index contributed by atoms with van der Waals surface area (Å²) < 4.78 is 0. The monoisotopic (exact) mass is 275 g/mol. The molecule has 0 bridgehead atoms. The van der Waals surface area contributed by atoms with E-state index in [4.69, 9.17) is 11.0 Å². The third-order valence-electron chi connectivity index (χ3n) is 3.73. The van der Waals surface area contributed by atoms with Crippen LogP contribution in [0, 0.1) is 27.4 Å². The summed E-state index contributed by atoms with van der Waals surface area (Å²) in [4.78, 5) is 14.6. The number of anilines is 1. The van der Waals surface area contributed by atoms with E-state index in [1.165, 1.54) is 12.3 Å². The summed E-state index contributed by atoms with van der Waals surface area (Å²) in [5.74, 6) is 0.528. The highest BCUT2D eigenvalue weighted by atomic mass is 16.6. The van der Waals surface area contributed by atoms with Gasteiger partial charge < -0.3 is 11.1 Å². The highest BCUT2D eigenvalue weighted by Crippen LogP contribution is 2.29. The summed E-state index contributed by atoms with van der Waals surface area (Å²) in [7, 11) is 0. The van der Waals surface area contributed by atoms with Crippen molar-refractivity contribution in [2.45, 2.75) is 31.7 Å². The van der Waals surface area contributed by atoms with E-state index in [2.05, 4.69) is 10.3 Å². The Balaban J connectivity index is 2.24. The van der Waals surface area contributed by atoms with Crippen LogP contribution in [0.25, 0.3) is 0 Å². The summed E-state index contributed by atoms with van der Waals surface area (Å²) in [5, 5.41) is 23.0. The second-order valence-electron chi connectivity index (χ2n) is 4.99. The number of rotatable bonds is 4. The first-order chi connectivity index (χ1) is 9.65. The molecule has 20 heavy (non-hydrogen) atoms. The van der Waals surface area contributed by atoms with Gasteiger partial charge in [-0.2, -0.15) is 5.26 Å². The summed E-state index contributed by atoms with van der Waals surface area (Å²) in [5.41, 5.74) is 5.77. The van der Waals surface area contributed by atoms with Gasteiger partial charge in [0, 0.05) is 18.3 Å². The van der Waals surface area contributed by atoms with Crippen molar-refractivity contribution in [2.24, 2.45) is 11.7 Å². The number of nitrogens with two attached hydrogens (primary N) is 1. The number of pyridine rings is 1. The van der Waals surface area contributed by atoms with E-state index < -0.39 is 4.92 Å². The maximum atomic E-state index is 11.1. The van der Waals surface area contributed by atoms with Crippen LogP contribution in [-0.2, 0) is 0 Å². The molecule has 1 heterocycles. The average Bonchev–Trinajstić information content (AvgIpc) is 2.48. The Morgan fingerprint density at radius 3 is 2.95 bits per heavy atom. The van der Waals surface area contributed by atoms with E-state index >= 15 is 0 Å². The van der Waals surface area contributed by atoms with E-state index in [1.807, 2.05) is 6.07 Å². The smallest absolute Gasteiger partial charge is 0.312 e. The van der Waals surface area contributed by atoms with E-state index in [-0.39, 0.29) is 23.1 Å². The maximum absolute atomic E-state index is 11.1. The lowest BCUT2D eigenvalue weighted by Crippen LogP contribution is -2.37.